The van der Waals surface area contributed by atoms with Crippen LogP contribution in [0.4, 0.5) is 0 Å². The number of benzene rings is 2. The molecule has 1 aliphatic carbocycles. The van der Waals surface area contributed by atoms with Crippen LogP contribution in [-0.2, 0) is 16.1 Å². The number of aromatic nitrogens is 1. The average molecular weight is 745 g/mol. The lowest BCUT2D eigenvalue weighted by Gasteiger charge is -2.47. The normalized spacial score (nSPS) is 20.8. The van der Waals surface area contributed by atoms with Crippen molar-refractivity contribution >= 4 is 23.1 Å². The van der Waals surface area contributed by atoms with Gasteiger partial charge in [0.1, 0.15) is 42.4 Å². The van der Waals surface area contributed by atoms with Crippen molar-refractivity contribution in [3.63, 3.8) is 0 Å². The Hall–Kier alpha value is -4.28. The minimum atomic E-state index is -1.16. The van der Waals surface area contributed by atoms with Crippen molar-refractivity contribution in [1.82, 2.24) is 14.8 Å². The van der Waals surface area contributed by atoms with E-state index in [2.05, 4.69) is 48.0 Å². The molecule has 0 radical (unpaired) electrons. The van der Waals surface area contributed by atoms with E-state index in [4.69, 9.17) is 25.8 Å². The molecule has 282 valence electrons. The molecule has 1 saturated heterocycles. The van der Waals surface area contributed by atoms with Crippen LogP contribution in [0.15, 0.2) is 79.2 Å². The van der Waals surface area contributed by atoms with E-state index < -0.39 is 35.7 Å². The van der Waals surface area contributed by atoms with E-state index in [0.29, 0.717) is 41.3 Å². The van der Waals surface area contributed by atoms with E-state index in [1.54, 1.807) is 38.4 Å². The minimum absolute atomic E-state index is 0.0669. The Morgan fingerprint density at radius 2 is 1.94 bits per heavy atom. The van der Waals surface area contributed by atoms with Gasteiger partial charge in [-0.25, -0.2) is 0 Å². The number of likely N-dealkylation sites (N-methyl/N-ethyl adjacent to an activating group) is 1. The Kier molecular flexibility index (Phi) is 13.3. The monoisotopic (exact) mass is 744 g/mol. The molecular formula is C41H49ClN4O7. The Morgan fingerprint density at radius 3 is 2.62 bits per heavy atom. The van der Waals surface area contributed by atoms with Gasteiger partial charge in [0, 0.05) is 67.3 Å². The van der Waals surface area contributed by atoms with Crippen LogP contribution in [0.3, 0.4) is 0 Å². The third kappa shape index (κ3) is 9.27. The fourth-order valence-electron chi connectivity index (χ4n) is 7.03. The highest BCUT2D eigenvalue weighted by Gasteiger charge is 2.49. The van der Waals surface area contributed by atoms with Crippen molar-refractivity contribution < 1.29 is 34.3 Å². The van der Waals surface area contributed by atoms with E-state index in [0.717, 1.165) is 37.1 Å². The molecule has 1 fully saturated rings. The number of rotatable bonds is 17. The summed E-state index contributed by atoms with van der Waals surface area (Å²) in [5.41, 5.74) is 2.35. The quantitative estimate of drug-likeness (QED) is 0.142. The number of hydrogen-bond acceptors (Lipinski definition) is 10. The molecule has 12 heteroatoms. The van der Waals surface area contributed by atoms with Crippen LogP contribution in [0.2, 0.25) is 5.02 Å². The number of halogens is 1. The summed E-state index contributed by atoms with van der Waals surface area (Å²) in [6.45, 7) is 8.50. The smallest absolute Gasteiger partial charge is 0.323 e. The number of allylic oxidation sites excluding steroid dienone is 2. The summed E-state index contributed by atoms with van der Waals surface area (Å²) < 4.78 is 19.8. The summed E-state index contributed by atoms with van der Waals surface area (Å²) >= 11 is 6.95. The molecule has 0 spiro atoms. The van der Waals surface area contributed by atoms with Gasteiger partial charge in [-0.1, -0.05) is 67.9 Å². The average Bonchev–Trinajstić information content (AvgIpc) is 3.57. The zero-order valence-corrected chi connectivity index (χ0v) is 31.5. The molecule has 1 aromatic heterocycles. The van der Waals surface area contributed by atoms with Crippen molar-refractivity contribution in [1.29, 1.82) is 5.26 Å². The number of nitrogens with zero attached hydrogens (tertiary/aromatic N) is 4. The number of likely N-dealkylation sites (tertiary alicyclic amines) is 1. The Bertz CT molecular complexity index is 1830. The molecular weight excluding hydrogens is 696 g/mol. The predicted octanol–water partition coefficient (Wildman–Crippen LogP) is 5.89. The van der Waals surface area contributed by atoms with Gasteiger partial charge in [-0.3, -0.25) is 14.7 Å². The first-order valence-corrected chi connectivity index (χ1v) is 18.3. The molecule has 0 bridgehead atoms. The lowest BCUT2D eigenvalue weighted by molar-refractivity contribution is -0.145. The van der Waals surface area contributed by atoms with Crippen LogP contribution in [0.5, 0.6) is 11.5 Å². The summed E-state index contributed by atoms with van der Waals surface area (Å²) in [5, 5.41) is 39.3. The molecule has 1 aliphatic heterocycles. The highest BCUT2D eigenvalue weighted by molar-refractivity contribution is 6.32. The minimum Gasteiger partial charge on any atom is -0.488 e. The third-order valence-electron chi connectivity index (χ3n) is 10.5. The maximum Gasteiger partial charge on any atom is 0.323 e. The largest absolute Gasteiger partial charge is 0.488 e. The van der Waals surface area contributed by atoms with Gasteiger partial charge in [0.2, 0.25) is 0 Å². The zero-order valence-electron chi connectivity index (χ0n) is 30.7. The molecule has 0 saturated carbocycles. The molecule has 11 nitrogen and oxygen atoms in total. The van der Waals surface area contributed by atoms with Gasteiger partial charge in [-0.05, 0) is 56.2 Å². The number of carboxylic acids is 1. The number of aliphatic hydroxyl groups is 2. The first kappa shape index (κ1) is 39.9. The number of nitriles is 1. The van der Waals surface area contributed by atoms with Gasteiger partial charge in [-0.15, -0.1) is 0 Å². The fourth-order valence-corrected chi connectivity index (χ4v) is 7.26. The summed E-state index contributed by atoms with van der Waals surface area (Å²) in [7, 11) is 1.62. The molecule has 3 aromatic rings. The van der Waals surface area contributed by atoms with E-state index >= 15 is 0 Å². The van der Waals surface area contributed by atoms with Crippen LogP contribution >= 0.6 is 11.6 Å². The number of hydrogen-bond donors (Lipinski definition) is 3. The first-order valence-electron chi connectivity index (χ1n) is 17.9. The van der Waals surface area contributed by atoms with Gasteiger partial charge in [0.25, 0.3) is 0 Å². The fraction of sp³-hybridized carbons (Fsp3) is 0.439. The van der Waals surface area contributed by atoms with E-state index in [-0.39, 0.29) is 24.3 Å². The van der Waals surface area contributed by atoms with E-state index in [1.165, 1.54) is 11.1 Å². The maximum atomic E-state index is 11.9. The number of β-amino-alcohol motifs (C(OH)–C–C–N with tert-alkyl or cyclic N) is 1. The topological polar surface area (TPSA) is 149 Å². The summed E-state index contributed by atoms with van der Waals surface area (Å²) in [5.74, 6) is -0.431. The molecule has 53 heavy (non-hydrogen) atoms. The standard InChI is InChI=1S/C41H49ClN4O7/c1-28(45(4)36(25-47)39(49)50)33-19-35(42)38(20-37(33)51-26-30-18-29(21-43)22-44-23-30)52-27-41(53-17-9-15-46-16-13-32(48)24-46)14-8-12-34(40(41,2)3)31-10-6-5-7-11-31/h5-8,10-12,14,18-20,22-23,28,32,36,47-48H,9,13,15-17,24-27H2,1-4H3,(H,49,50)/t28?,32-,36?,41?/m1/s1. The number of carboxylic acid groups (broad SMARTS) is 1. The highest BCUT2D eigenvalue weighted by atomic mass is 35.5. The lowest BCUT2D eigenvalue weighted by Crippen LogP contribution is -2.52. The van der Waals surface area contributed by atoms with Crippen LogP contribution in [0.25, 0.3) is 5.57 Å². The number of ether oxygens (including phenoxy) is 3. The lowest BCUT2D eigenvalue weighted by atomic mass is 9.65. The number of aliphatic hydroxyl groups excluding tert-OH is 2. The van der Waals surface area contributed by atoms with Crippen molar-refractivity contribution in [2.75, 3.05) is 46.5 Å². The molecule has 2 aliphatic rings. The number of carbonyl (C=O) groups is 1. The second kappa shape index (κ2) is 17.7. The molecule has 0 amide bonds. The van der Waals surface area contributed by atoms with Crippen molar-refractivity contribution in [3.05, 3.63) is 106 Å². The number of aliphatic carboxylic acids is 1. The van der Waals surface area contributed by atoms with Crippen molar-refractivity contribution in [2.24, 2.45) is 5.41 Å². The van der Waals surface area contributed by atoms with Gasteiger partial charge < -0.3 is 34.4 Å². The molecule has 3 N–H and O–H groups in total. The van der Waals surface area contributed by atoms with Crippen molar-refractivity contribution in [3.8, 4) is 17.6 Å². The second-order valence-corrected chi connectivity index (χ2v) is 14.6. The molecule has 2 heterocycles. The van der Waals surface area contributed by atoms with Gasteiger partial charge in [-0.2, -0.15) is 5.26 Å². The molecule has 4 atom stereocenters. The van der Waals surface area contributed by atoms with Crippen molar-refractivity contribution in [2.45, 2.75) is 64.0 Å². The predicted molar refractivity (Wildman–Crippen MR) is 203 cm³/mol. The van der Waals surface area contributed by atoms with Crippen LogP contribution < -0.4 is 9.47 Å². The summed E-state index contributed by atoms with van der Waals surface area (Å²) in [6.07, 6.45) is 10.5. The zero-order chi connectivity index (χ0) is 38.2. The molecule has 5 rings (SSSR count). The second-order valence-electron chi connectivity index (χ2n) is 14.2. The first-order chi connectivity index (χ1) is 25.4. The van der Waals surface area contributed by atoms with E-state index in [9.17, 15) is 25.4 Å². The number of pyridine rings is 1. The Labute approximate surface area is 316 Å². The molecule has 2 aromatic carbocycles. The maximum absolute atomic E-state index is 11.9. The molecule has 3 unspecified atom stereocenters. The van der Waals surface area contributed by atoms with Gasteiger partial charge in [0.15, 0.2) is 0 Å². The van der Waals surface area contributed by atoms with Crippen LogP contribution in [0.1, 0.15) is 61.9 Å². The highest BCUT2D eigenvalue weighted by Crippen LogP contribution is 2.49. The summed E-state index contributed by atoms with van der Waals surface area (Å²) in [6, 6.07) is 15.6. The van der Waals surface area contributed by atoms with Gasteiger partial charge in [0.05, 0.1) is 23.3 Å². The van der Waals surface area contributed by atoms with E-state index in [1.807, 2.05) is 30.4 Å². The van der Waals surface area contributed by atoms with Crippen LogP contribution in [0, 0.1) is 16.7 Å². The Balaban J connectivity index is 1.46. The SMILES string of the molecule is CC(c1cc(Cl)c(OCC2(OCCCN3CC[C@@H](O)C3)C=CC=C(c3ccccc3)C2(C)C)cc1OCc1cncc(C#N)c1)N(C)C(CO)C(=O)O. The third-order valence-corrected chi connectivity index (χ3v) is 10.8. The Morgan fingerprint density at radius 1 is 1.17 bits per heavy atom. The summed E-state index contributed by atoms with van der Waals surface area (Å²) in [4.78, 5) is 19.9. The van der Waals surface area contributed by atoms with Gasteiger partial charge >= 0.3 is 5.97 Å². The van der Waals surface area contributed by atoms with Crippen LogP contribution in [-0.4, -0.2) is 100 Å².